The number of anilines is 1. The lowest BCUT2D eigenvalue weighted by Gasteiger charge is -2.12. The minimum absolute atomic E-state index is 0.0123. The summed E-state index contributed by atoms with van der Waals surface area (Å²) in [6.07, 6.45) is 1.31. The molecule has 0 heterocycles. The van der Waals surface area contributed by atoms with Crippen molar-refractivity contribution in [2.45, 2.75) is 18.8 Å². The van der Waals surface area contributed by atoms with Crippen LogP contribution in [-0.4, -0.2) is 17.0 Å². The second-order valence-electron chi connectivity index (χ2n) is 7.14. The molecule has 0 radical (unpaired) electrons. The third kappa shape index (κ3) is 3.81. The van der Waals surface area contributed by atoms with E-state index in [0.29, 0.717) is 6.42 Å². The highest BCUT2D eigenvalue weighted by Gasteiger charge is 2.43. The van der Waals surface area contributed by atoms with Crippen molar-refractivity contribution in [2.75, 3.05) is 5.32 Å². The van der Waals surface area contributed by atoms with Crippen molar-refractivity contribution in [1.82, 2.24) is 0 Å². The van der Waals surface area contributed by atoms with Crippen molar-refractivity contribution in [3.05, 3.63) is 101 Å². The zero-order valence-corrected chi connectivity index (χ0v) is 15.3. The Morgan fingerprint density at radius 2 is 1.50 bits per heavy atom. The zero-order chi connectivity index (χ0) is 19.5. The van der Waals surface area contributed by atoms with Gasteiger partial charge in [-0.05, 0) is 41.2 Å². The molecule has 140 valence electrons. The SMILES string of the molecule is O=C(O)c1ccccc1Cc1ccccc1NC(=O)[C@@H]1C[C@H]1c1ccccc1. The molecule has 2 atom stereocenters. The summed E-state index contributed by atoms with van der Waals surface area (Å²) in [6, 6.07) is 24.6. The van der Waals surface area contributed by atoms with E-state index in [9.17, 15) is 14.7 Å². The van der Waals surface area contributed by atoms with E-state index in [1.165, 1.54) is 5.56 Å². The number of rotatable bonds is 6. The van der Waals surface area contributed by atoms with Gasteiger partial charge < -0.3 is 10.4 Å². The molecular formula is C24H21NO3. The summed E-state index contributed by atoms with van der Waals surface area (Å²) in [7, 11) is 0. The topological polar surface area (TPSA) is 66.4 Å². The van der Waals surface area contributed by atoms with E-state index >= 15 is 0 Å². The number of nitrogens with one attached hydrogen (secondary N) is 1. The smallest absolute Gasteiger partial charge is 0.335 e. The lowest BCUT2D eigenvalue weighted by atomic mass is 9.98. The molecule has 28 heavy (non-hydrogen) atoms. The Balaban J connectivity index is 1.50. The fourth-order valence-electron chi connectivity index (χ4n) is 3.66. The Morgan fingerprint density at radius 3 is 2.25 bits per heavy atom. The Labute approximate surface area is 163 Å². The van der Waals surface area contributed by atoms with Crippen molar-refractivity contribution in [1.29, 1.82) is 0 Å². The Hall–Kier alpha value is -3.40. The van der Waals surface area contributed by atoms with Crippen LogP contribution in [0.5, 0.6) is 0 Å². The number of carboxylic acid groups (broad SMARTS) is 1. The van der Waals surface area contributed by atoms with Crippen LogP contribution in [0.2, 0.25) is 0 Å². The first-order chi connectivity index (χ1) is 13.6. The number of carbonyl (C=O) groups is 2. The molecule has 0 unspecified atom stereocenters. The van der Waals surface area contributed by atoms with Crippen LogP contribution in [0.15, 0.2) is 78.9 Å². The minimum Gasteiger partial charge on any atom is -0.478 e. The van der Waals surface area contributed by atoms with E-state index in [4.69, 9.17) is 0 Å². The van der Waals surface area contributed by atoms with Gasteiger partial charge in [-0.15, -0.1) is 0 Å². The number of amides is 1. The largest absolute Gasteiger partial charge is 0.478 e. The van der Waals surface area contributed by atoms with Crippen molar-refractivity contribution >= 4 is 17.6 Å². The van der Waals surface area contributed by atoms with Gasteiger partial charge in [-0.2, -0.15) is 0 Å². The van der Waals surface area contributed by atoms with E-state index in [0.717, 1.165) is 23.2 Å². The molecule has 0 bridgehead atoms. The molecule has 1 aliphatic carbocycles. The summed E-state index contributed by atoms with van der Waals surface area (Å²) in [5.74, 6) is -0.656. The molecular weight excluding hydrogens is 350 g/mol. The lowest BCUT2D eigenvalue weighted by Crippen LogP contribution is -2.16. The van der Waals surface area contributed by atoms with Gasteiger partial charge in [0.05, 0.1) is 5.56 Å². The number of hydrogen-bond donors (Lipinski definition) is 2. The van der Waals surface area contributed by atoms with Crippen LogP contribution in [0.3, 0.4) is 0 Å². The Bertz CT molecular complexity index is 1010. The third-order valence-corrected chi connectivity index (χ3v) is 5.26. The molecule has 0 aliphatic heterocycles. The molecule has 0 aromatic heterocycles. The summed E-state index contributed by atoms with van der Waals surface area (Å²) >= 11 is 0. The normalized spacial score (nSPS) is 17.7. The standard InChI is InChI=1S/C24H21NO3/c26-23(21-15-20(21)16-8-2-1-3-9-16)25-22-13-7-5-11-18(22)14-17-10-4-6-12-19(17)24(27)28/h1-13,20-21H,14-15H2,(H,25,26)(H,27,28)/t20-,21+/m0/s1. The molecule has 1 amide bonds. The maximum Gasteiger partial charge on any atom is 0.335 e. The average molecular weight is 371 g/mol. The Morgan fingerprint density at radius 1 is 0.857 bits per heavy atom. The molecule has 3 aromatic carbocycles. The van der Waals surface area contributed by atoms with Crippen LogP contribution < -0.4 is 5.32 Å². The van der Waals surface area contributed by atoms with E-state index in [1.807, 2.05) is 54.6 Å². The van der Waals surface area contributed by atoms with Crippen LogP contribution in [0.1, 0.15) is 39.4 Å². The summed E-state index contributed by atoms with van der Waals surface area (Å²) in [5.41, 5.74) is 3.86. The highest BCUT2D eigenvalue weighted by atomic mass is 16.4. The number of carbonyl (C=O) groups excluding carboxylic acids is 1. The molecule has 1 fully saturated rings. The molecule has 3 aromatic rings. The van der Waals surface area contributed by atoms with Crippen LogP contribution >= 0.6 is 0 Å². The van der Waals surface area contributed by atoms with E-state index in [2.05, 4.69) is 17.4 Å². The van der Waals surface area contributed by atoms with Gasteiger partial charge in [0.1, 0.15) is 0 Å². The van der Waals surface area contributed by atoms with Gasteiger partial charge in [0, 0.05) is 18.0 Å². The molecule has 2 N–H and O–H groups in total. The second kappa shape index (κ2) is 7.69. The summed E-state index contributed by atoms with van der Waals surface area (Å²) in [6.45, 7) is 0. The number of hydrogen-bond acceptors (Lipinski definition) is 2. The average Bonchev–Trinajstić information content (AvgIpc) is 3.51. The van der Waals surface area contributed by atoms with E-state index in [-0.39, 0.29) is 23.3 Å². The summed E-state index contributed by atoms with van der Waals surface area (Å²) < 4.78 is 0. The van der Waals surface area contributed by atoms with Crippen molar-refractivity contribution in [3.63, 3.8) is 0 Å². The predicted octanol–water partition coefficient (Wildman–Crippen LogP) is 4.72. The van der Waals surface area contributed by atoms with Gasteiger partial charge in [-0.25, -0.2) is 4.79 Å². The fraction of sp³-hybridized carbons (Fsp3) is 0.167. The Kier molecular flexibility index (Phi) is 4.94. The van der Waals surface area contributed by atoms with Gasteiger partial charge in [-0.1, -0.05) is 66.7 Å². The summed E-state index contributed by atoms with van der Waals surface area (Å²) in [5, 5.41) is 12.5. The molecule has 4 rings (SSSR count). The van der Waals surface area contributed by atoms with Crippen LogP contribution in [0, 0.1) is 5.92 Å². The molecule has 1 aliphatic rings. The van der Waals surface area contributed by atoms with Gasteiger partial charge in [0.25, 0.3) is 0 Å². The first-order valence-corrected chi connectivity index (χ1v) is 9.38. The molecule has 4 heteroatoms. The van der Waals surface area contributed by atoms with Crippen LogP contribution in [0.4, 0.5) is 5.69 Å². The maximum atomic E-state index is 12.7. The minimum atomic E-state index is -0.944. The summed E-state index contributed by atoms with van der Waals surface area (Å²) in [4.78, 5) is 24.2. The third-order valence-electron chi connectivity index (χ3n) is 5.26. The molecule has 1 saturated carbocycles. The van der Waals surface area contributed by atoms with Crippen LogP contribution in [0.25, 0.3) is 0 Å². The van der Waals surface area contributed by atoms with Gasteiger partial charge in [-0.3, -0.25) is 4.79 Å². The predicted molar refractivity (Wildman–Crippen MR) is 109 cm³/mol. The molecule has 0 spiro atoms. The van der Waals surface area contributed by atoms with Gasteiger partial charge >= 0.3 is 5.97 Å². The second-order valence-corrected chi connectivity index (χ2v) is 7.14. The number of para-hydroxylation sites is 1. The number of benzene rings is 3. The van der Waals surface area contributed by atoms with E-state index < -0.39 is 5.97 Å². The lowest BCUT2D eigenvalue weighted by molar-refractivity contribution is -0.117. The highest BCUT2D eigenvalue weighted by molar-refractivity contribution is 5.96. The first kappa shape index (κ1) is 18.0. The molecule has 0 saturated heterocycles. The maximum absolute atomic E-state index is 12.7. The van der Waals surface area contributed by atoms with Gasteiger partial charge in [0.2, 0.25) is 5.91 Å². The molecule has 4 nitrogen and oxygen atoms in total. The monoisotopic (exact) mass is 371 g/mol. The number of carboxylic acids is 1. The first-order valence-electron chi connectivity index (χ1n) is 9.38. The fourth-order valence-corrected chi connectivity index (χ4v) is 3.66. The quantitative estimate of drug-likeness (QED) is 0.659. The number of aromatic carboxylic acids is 1. The van der Waals surface area contributed by atoms with Crippen LogP contribution in [-0.2, 0) is 11.2 Å². The van der Waals surface area contributed by atoms with Crippen molar-refractivity contribution < 1.29 is 14.7 Å². The zero-order valence-electron chi connectivity index (χ0n) is 15.3. The van der Waals surface area contributed by atoms with E-state index in [1.54, 1.807) is 12.1 Å². The highest BCUT2D eigenvalue weighted by Crippen LogP contribution is 2.48. The van der Waals surface area contributed by atoms with Crippen molar-refractivity contribution in [3.8, 4) is 0 Å². The van der Waals surface area contributed by atoms with Gasteiger partial charge in [0.15, 0.2) is 0 Å². The van der Waals surface area contributed by atoms with Crippen molar-refractivity contribution in [2.24, 2.45) is 5.92 Å².